The molecule has 1 N–H and O–H groups in total. The predicted octanol–water partition coefficient (Wildman–Crippen LogP) is 4.81. The van der Waals surface area contributed by atoms with E-state index in [2.05, 4.69) is 10.3 Å². The third-order valence-electron chi connectivity index (χ3n) is 3.79. The molecule has 3 aromatic rings. The third-order valence-corrected chi connectivity index (χ3v) is 4.40. The van der Waals surface area contributed by atoms with E-state index in [-0.39, 0.29) is 10.9 Å². The highest BCUT2D eigenvalue weighted by Crippen LogP contribution is 2.28. The number of carbonyl (C=O) groups is 1. The van der Waals surface area contributed by atoms with Crippen LogP contribution in [0.25, 0.3) is 5.69 Å². The van der Waals surface area contributed by atoms with Gasteiger partial charge in [-0.2, -0.15) is 0 Å². The van der Waals surface area contributed by atoms with Crippen LogP contribution in [0, 0.1) is 5.82 Å². The number of imidazole rings is 1. The minimum absolute atomic E-state index is 0.0534. The van der Waals surface area contributed by atoms with Gasteiger partial charge >= 0.3 is 0 Å². The molecule has 7 heteroatoms. The Kier molecular flexibility index (Phi) is 5.06. The summed E-state index contributed by atoms with van der Waals surface area (Å²) in [4.78, 5) is 16.4. The van der Waals surface area contributed by atoms with E-state index in [0.717, 1.165) is 5.69 Å². The molecule has 0 radical (unpaired) electrons. The maximum Gasteiger partial charge on any atom is 0.251 e. The molecule has 4 nitrogen and oxygen atoms in total. The fourth-order valence-electron chi connectivity index (χ4n) is 2.42. The topological polar surface area (TPSA) is 46.9 Å². The van der Waals surface area contributed by atoms with Crippen molar-refractivity contribution in [2.45, 2.75) is 13.0 Å². The average molecular weight is 378 g/mol. The second-order valence-electron chi connectivity index (χ2n) is 5.50. The van der Waals surface area contributed by atoms with Crippen molar-refractivity contribution in [3.8, 4) is 5.69 Å². The number of halogens is 3. The molecule has 128 valence electrons. The van der Waals surface area contributed by atoms with Gasteiger partial charge in [0, 0.05) is 28.7 Å². The van der Waals surface area contributed by atoms with Crippen molar-refractivity contribution in [1.29, 1.82) is 0 Å². The van der Waals surface area contributed by atoms with Crippen LogP contribution in [0.1, 0.15) is 28.9 Å². The molecule has 25 heavy (non-hydrogen) atoms. The van der Waals surface area contributed by atoms with Crippen molar-refractivity contribution >= 4 is 29.1 Å². The molecule has 1 atom stereocenters. The molecule has 1 unspecified atom stereocenters. The highest BCUT2D eigenvalue weighted by atomic mass is 35.5. The molecule has 3 rings (SSSR count). The summed E-state index contributed by atoms with van der Waals surface area (Å²) in [5.41, 5.74) is 1.85. The second-order valence-corrected chi connectivity index (χ2v) is 6.31. The lowest BCUT2D eigenvalue weighted by Crippen LogP contribution is -2.27. The highest BCUT2D eigenvalue weighted by molar-refractivity contribution is 6.35. The van der Waals surface area contributed by atoms with E-state index >= 15 is 0 Å². The van der Waals surface area contributed by atoms with Crippen LogP contribution in [0.2, 0.25) is 10.0 Å². The van der Waals surface area contributed by atoms with E-state index in [4.69, 9.17) is 23.2 Å². The molecule has 2 aromatic carbocycles. The molecule has 0 aliphatic carbocycles. The minimum atomic E-state index is -0.577. The zero-order chi connectivity index (χ0) is 18.0. The van der Waals surface area contributed by atoms with Gasteiger partial charge in [-0.15, -0.1) is 0 Å². The fraction of sp³-hybridized carbons (Fsp3) is 0.111. The lowest BCUT2D eigenvalue weighted by molar-refractivity contribution is 0.0940. The van der Waals surface area contributed by atoms with Crippen LogP contribution in [0.3, 0.4) is 0 Å². The molecule has 0 saturated carbocycles. The highest BCUT2D eigenvalue weighted by Gasteiger charge is 2.16. The van der Waals surface area contributed by atoms with Gasteiger partial charge in [-0.05, 0) is 48.9 Å². The lowest BCUT2D eigenvalue weighted by Gasteiger charge is -2.16. The third kappa shape index (κ3) is 3.83. The molecule has 0 spiro atoms. The summed E-state index contributed by atoms with van der Waals surface area (Å²) in [5, 5.41) is 3.05. The van der Waals surface area contributed by atoms with Gasteiger partial charge in [0.05, 0.1) is 17.4 Å². The first-order valence-corrected chi connectivity index (χ1v) is 8.25. The maximum atomic E-state index is 13.6. The van der Waals surface area contributed by atoms with E-state index in [1.54, 1.807) is 31.6 Å². The molecule has 0 bridgehead atoms. The molecule has 0 aliphatic heterocycles. The first-order chi connectivity index (χ1) is 12.0. The van der Waals surface area contributed by atoms with Gasteiger partial charge in [0.2, 0.25) is 0 Å². The number of hydrogen-bond acceptors (Lipinski definition) is 2. The van der Waals surface area contributed by atoms with Crippen LogP contribution >= 0.6 is 23.2 Å². The van der Waals surface area contributed by atoms with E-state index in [1.807, 2.05) is 22.9 Å². The predicted molar refractivity (Wildman–Crippen MR) is 95.9 cm³/mol. The van der Waals surface area contributed by atoms with Crippen LogP contribution in [0.15, 0.2) is 55.1 Å². The van der Waals surface area contributed by atoms with Crippen molar-refractivity contribution < 1.29 is 9.18 Å². The number of rotatable bonds is 4. The Hall–Kier alpha value is -2.37. The SMILES string of the molecule is CC(NC(=O)c1ccc(-n2ccnc2)cc1)c1cc(F)c(Cl)cc1Cl. The van der Waals surface area contributed by atoms with E-state index in [1.165, 1.54) is 12.1 Å². The zero-order valence-corrected chi connectivity index (χ0v) is 14.7. The Bertz CT molecular complexity index is 895. The van der Waals surface area contributed by atoms with Crippen LogP contribution in [-0.2, 0) is 0 Å². The molecule has 0 saturated heterocycles. The Morgan fingerprint density at radius 3 is 2.56 bits per heavy atom. The lowest BCUT2D eigenvalue weighted by atomic mass is 10.1. The van der Waals surface area contributed by atoms with Gasteiger partial charge in [-0.3, -0.25) is 4.79 Å². The van der Waals surface area contributed by atoms with Crippen molar-refractivity contribution in [1.82, 2.24) is 14.9 Å². The number of hydrogen-bond donors (Lipinski definition) is 1. The molecular weight excluding hydrogens is 364 g/mol. The monoisotopic (exact) mass is 377 g/mol. The molecule has 1 heterocycles. The van der Waals surface area contributed by atoms with Crippen molar-refractivity contribution in [2.24, 2.45) is 0 Å². The van der Waals surface area contributed by atoms with Gasteiger partial charge in [-0.1, -0.05) is 23.2 Å². The average Bonchev–Trinajstić information content (AvgIpc) is 3.12. The summed E-state index contributed by atoms with van der Waals surface area (Å²) < 4.78 is 15.5. The summed E-state index contributed by atoms with van der Waals surface area (Å²) in [7, 11) is 0. The summed E-state index contributed by atoms with van der Waals surface area (Å²) in [6.07, 6.45) is 5.17. The number of benzene rings is 2. The van der Waals surface area contributed by atoms with Crippen LogP contribution in [-0.4, -0.2) is 15.5 Å². The molecule has 0 fully saturated rings. The van der Waals surface area contributed by atoms with Gasteiger partial charge in [0.1, 0.15) is 5.82 Å². The van der Waals surface area contributed by atoms with Crippen LogP contribution in [0.4, 0.5) is 4.39 Å². The Balaban J connectivity index is 1.74. The van der Waals surface area contributed by atoms with Gasteiger partial charge in [0.25, 0.3) is 5.91 Å². The van der Waals surface area contributed by atoms with Crippen LogP contribution < -0.4 is 5.32 Å². The summed E-state index contributed by atoms with van der Waals surface area (Å²) >= 11 is 11.8. The summed E-state index contributed by atoms with van der Waals surface area (Å²) in [6.45, 7) is 1.73. The van der Waals surface area contributed by atoms with E-state index < -0.39 is 11.9 Å². The van der Waals surface area contributed by atoms with Crippen LogP contribution in [0.5, 0.6) is 0 Å². The molecule has 0 aliphatic rings. The van der Waals surface area contributed by atoms with Crippen molar-refractivity contribution in [3.63, 3.8) is 0 Å². The summed E-state index contributed by atoms with van der Waals surface area (Å²) in [5.74, 6) is -0.858. The number of nitrogens with one attached hydrogen (secondary N) is 1. The number of carbonyl (C=O) groups excluding carboxylic acids is 1. The standard InChI is InChI=1S/C18H14Cl2FN3O/c1-11(14-8-17(21)16(20)9-15(14)19)23-18(25)12-2-4-13(5-3-12)24-7-6-22-10-24/h2-11H,1H3,(H,23,25). The molecule has 1 amide bonds. The number of aromatic nitrogens is 2. The largest absolute Gasteiger partial charge is 0.345 e. The second kappa shape index (κ2) is 7.25. The Labute approximate surface area is 154 Å². The van der Waals surface area contributed by atoms with Crippen molar-refractivity contribution in [3.05, 3.63) is 82.1 Å². The first kappa shape index (κ1) is 17.5. The maximum absolute atomic E-state index is 13.6. The van der Waals surface area contributed by atoms with E-state index in [0.29, 0.717) is 16.1 Å². The smallest absolute Gasteiger partial charge is 0.251 e. The zero-order valence-electron chi connectivity index (χ0n) is 13.2. The van der Waals surface area contributed by atoms with Crippen molar-refractivity contribution in [2.75, 3.05) is 0 Å². The molecular formula is C18H14Cl2FN3O. The van der Waals surface area contributed by atoms with Gasteiger partial charge < -0.3 is 9.88 Å². The number of nitrogens with zero attached hydrogens (tertiary/aromatic N) is 2. The quantitative estimate of drug-likeness (QED) is 0.663. The Morgan fingerprint density at radius 1 is 1.20 bits per heavy atom. The van der Waals surface area contributed by atoms with Gasteiger partial charge in [-0.25, -0.2) is 9.37 Å². The minimum Gasteiger partial charge on any atom is -0.345 e. The van der Waals surface area contributed by atoms with E-state index in [9.17, 15) is 9.18 Å². The van der Waals surface area contributed by atoms with Gasteiger partial charge in [0.15, 0.2) is 0 Å². The first-order valence-electron chi connectivity index (χ1n) is 7.49. The summed E-state index contributed by atoms with van der Waals surface area (Å²) in [6, 6.07) is 9.14. The fourth-order valence-corrected chi connectivity index (χ4v) is 2.97. The normalized spacial score (nSPS) is 12.0. The number of amides is 1. The Morgan fingerprint density at radius 2 is 1.92 bits per heavy atom. The molecule has 1 aromatic heterocycles.